The van der Waals surface area contributed by atoms with Crippen LogP contribution in [-0.4, -0.2) is 12.9 Å². The van der Waals surface area contributed by atoms with Gasteiger partial charge in [0.1, 0.15) is 12.0 Å². The van der Waals surface area contributed by atoms with E-state index < -0.39 is 17.9 Å². The topological polar surface area (TPSA) is 41.6 Å². The lowest BCUT2D eigenvalue weighted by Gasteiger charge is -2.34. The van der Waals surface area contributed by atoms with Crippen molar-refractivity contribution in [1.29, 1.82) is 0 Å². The molecule has 1 unspecified atom stereocenters. The second-order valence-electron chi connectivity index (χ2n) is 5.25. The predicted octanol–water partition coefficient (Wildman–Crippen LogP) is 4.21. The molecule has 2 N–H and O–H groups in total. The summed E-state index contributed by atoms with van der Waals surface area (Å²) < 4.78 is 39.8. The molecule has 3 nitrogen and oxygen atoms in total. The molecule has 1 aliphatic rings. The van der Waals surface area contributed by atoms with E-state index in [1.54, 1.807) is 36.2 Å². The zero-order valence-corrected chi connectivity index (χ0v) is 12.9. The van der Waals surface area contributed by atoms with Crippen LogP contribution >= 0.6 is 11.6 Å². The minimum atomic E-state index is -4.46. The van der Waals surface area contributed by atoms with E-state index in [9.17, 15) is 13.2 Å². The molecule has 7 heteroatoms. The van der Waals surface area contributed by atoms with Crippen LogP contribution in [0.5, 0.6) is 0 Å². The minimum absolute atomic E-state index is 0.0519. The van der Waals surface area contributed by atoms with Crippen LogP contribution in [0.3, 0.4) is 0 Å². The van der Waals surface area contributed by atoms with Gasteiger partial charge in [-0.05, 0) is 24.3 Å². The fraction of sp³-hybridized carbons (Fsp3) is 0.188. The zero-order chi connectivity index (χ0) is 16.8. The summed E-state index contributed by atoms with van der Waals surface area (Å²) in [7, 11) is 1.67. The molecule has 0 aliphatic carbocycles. The molecule has 0 bridgehead atoms. The van der Waals surface area contributed by atoms with Crippen LogP contribution < -0.4 is 10.6 Å². The highest BCUT2D eigenvalue weighted by Gasteiger charge is 2.37. The van der Waals surface area contributed by atoms with Crippen LogP contribution in [0.15, 0.2) is 47.5 Å². The van der Waals surface area contributed by atoms with E-state index in [1.807, 2.05) is 0 Å². The van der Waals surface area contributed by atoms with Gasteiger partial charge in [0, 0.05) is 23.2 Å². The number of hydrogen-bond donors (Lipinski definition) is 1. The summed E-state index contributed by atoms with van der Waals surface area (Å²) in [4.78, 5) is 5.90. The molecular formula is C16H13ClF3N3. The quantitative estimate of drug-likeness (QED) is 0.845. The van der Waals surface area contributed by atoms with Crippen molar-refractivity contribution in [3.05, 3.63) is 64.2 Å². The highest BCUT2D eigenvalue weighted by atomic mass is 35.5. The smallest absolute Gasteiger partial charge is 0.383 e. The summed E-state index contributed by atoms with van der Waals surface area (Å²) in [6.07, 6.45) is -5.32. The van der Waals surface area contributed by atoms with Crippen molar-refractivity contribution >= 4 is 23.1 Å². The van der Waals surface area contributed by atoms with Crippen LogP contribution in [0.2, 0.25) is 5.02 Å². The van der Waals surface area contributed by atoms with E-state index in [0.29, 0.717) is 16.3 Å². The van der Waals surface area contributed by atoms with Gasteiger partial charge in [-0.15, -0.1) is 0 Å². The molecule has 0 fully saturated rings. The highest BCUT2D eigenvalue weighted by molar-refractivity contribution is 6.31. The van der Waals surface area contributed by atoms with E-state index in [4.69, 9.17) is 17.3 Å². The third-order valence-electron chi connectivity index (χ3n) is 3.79. The number of alkyl halides is 3. The summed E-state index contributed by atoms with van der Waals surface area (Å²) >= 11 is 6.00. The Bertz CT molecular complexity index is 786. The Balaban J connectivity index is 2.15. The molecule has 23 heavy (non-hydrogen) atoms. The van der Waals surface area contributed by atoms with Gasteiger partial charge in [0.2, 0.25) is 0 Å². The first-order valence-electron chi connectivity index (χ1n) is 6.81. The van der Waals surface area contributed by atoms with Gasteiger partial charge in [0.15, 0.2) is 0 Å². The third-order valence-corrected chi connectivity index (χ3v) is 4.02. The largest absolute Gasteiger partial charge is 0.416 e. The highest BCUT2D eigenvalue weighted by Crippen LogP contribution is 2.40. The first-order chi connectivity index (χ1) is 10.8. The summed E-state index contributed by atoms with van der Waals surface area (Å²) in [6.45, 7) is 0. The average Bonchev–Trinajstić information content (AvgIpc) is 2.50. The van der Waals surface area contributed by atoms with Crippen LogP contribution in [0.4, 0.5) is 18.9 Å². The number of anilines is 1. The number of halogens is 4. The van der Waals surface area contributed by atoms with Gasteiger partial charge in [-0.3, -0.25) is 0 Å². The molecule has 2 aromatic carbocycles. The van der Waals surface area contributed by atoms with Crippen molar-refractivity contribution in [3.8, 4) is 0 Å². The number of nitrogens with two attached hydrogens (primary N) is 1. The van der Waals surface area contributed by atoms with E-state index in [2.05, 4.69) is 4.99 Å². The molecule has 1 atom stereocenters. The van der Waals surface area contributed by atoms with Gasteiger partial charge < -0.3 is 10.6 Å². The Labute approximate surface area is 136 Å². The van der Waals surface area contributed by atoms with Crippen LogP contribution in [0, 0.1) is 0 Å². The SMILES string of the molecule is CN1c2cc(Cl)ccc2C(N)=NC1c1ccccc1C(F)(F)F. The molecule has 2 aromatic rings. The lowest BCUT2D eigenvalue weighted by Crippen LogP contribution is -2.33. The van der Waals surface area contributed by atoms with Crippen molar-refractivity contribution in [3.63, 3.8) is 0 Å². The van der Waals surface area contributed by atoms with Crippen molar-refractivity contribution in [2.75, 3.05) is 11.9 Å². The van der Waals surface area contributed by atoms with Gasteiger partial charge >= 0.3 is 6.18 Å². The number of hydrogen-bond acceptors (Lipinski definition) is 3. The average molecular weight is 340 g/mol. The maximum absolute atomic E-state index is 13.3. The van der Waals surface area contributed by atoms with Crippen LogP contribution in [0.1, 0.15) is 22.9 Å². The zero-order valence-electron chi connectivity index (χ0n) is 12.1. The van der Waals surface area contributed by atoms with Gasteiger partial charge in [0.05, 0.1) is 11.3 Å². The Morgan fingerprint density at radius 2 is 1.87 bits per heavy atom. The van der Waals surface area contributed by atoms with Crippen molar-refractivity contribution in [1.82, 2.24) is 0 Å². The molecule has 0 saturated heterocycles. The number of fused-ring (bicyclic) bond motifs is 1. The maximum Gasteiger partial charge on any atom is 0.416 e. The molecule has 0 aromatic heterocycles. The lowest BCUT2D eigenvalue weighted by atomic mass is 10.0. The van der Waals surface area contributed by atoms with E-state index >= 15 is 0 Å². The van der Waals surface area contributed by atoms with Gasteiger partial charge in [-0.25, -0.2) is 4.99 Å². The Kier molecular flexibility index (Phi) is 3.72. The summed E-state index contributed by atoms with van der Waals surface area (Å²) in [6, 6.07) is 10.4. The standard InChI is InChI=1S/C16H13ClF3N3/c1-23-13-8-9(17)6-7-11(13)14(21)22-15(23)10-4-2-3-5-12(10)16(18,19)20/h2-8,15H,1H3,(H2,21,22). The van der Waals surface area contributed by atoms with Gasteiger partial charge in [0.25, 0.3) is 0 Å². The Morgan fingerprint density at radius 3 is 2.57 bits per heavy atom. The summed E-state index contributed by atoms with van der Waals surface area (Å²) in [5, 5.41) is 0.480. The molecule has 0 spiro atoms. The van der Waals surface area contributed by atoms with Gasteiger partial charge in [-0.2, -0.15) is 13.2 Å². The fourth-order valence-electron chi connectivity index (χ4n) is 2.69. The first kappa shape index (κ1) is 15.7. The molecule has 1 heterocycles. The number of amidine groups is 1. The Hall–Kier alpha value is -2.21. The fourth-order valence-corrected chi connectivity index (χ4v) is 2.86. The predicted molar refractivity (Wildman–Crippen MR) is 84.8 cm³/mol. The molecule has 120 valence electrons. The third kappa shape index (κ3) is 2.74. The molecule has 0 radical (unpaired) electrons. The Morgan fingerprint density at radius 1 is 1.17 bits per heavy atom. The van der Waals surface area contributed by atoms with Crippen LogP contribution in [-0.2, 0) is 6.18 Å². The van der Waals surface area contributed by atoms with E-state index in [-0.39, 0.29) is 11.4 Å². The van der Waals surface area contributed by atoms with E-state index in [1.165, 1.54) is 12.1 Å². The maximum atomic E-state index is 13.3. The number of nitrogens with zero attached hydrogens (tertiary/aromatic N) is 2. The number of rotatable bonds is 1. The van der Waals surface area contributed by atoms with Crippen molar-refractivity contribution < 1.29 is 13.2 Å². The normalized spacial score (nSPS) is 17.7. The van der Waals surface area contributed by atoms with Gasteiger partial charge in [-0.1, -0.05) is 29.8 Å². The summed E-state index contributed by atoms with van der Waals surface area (Å²) in [5.74, 6) is 0.191. The molecule has 1 aliphatic heterocycles. The molecule has 0 amide bonds. The minimum Gasteiger partial charge on any atom is -0.383 e. The molecule has 0 saturated carbocycles. The van der Waals surface area contributed by atoms with Crippen LogP contribution in [0.25, 0.3) is 0 Å². The van der Waals surface area contributed by atoms with Crippen molar-refractivity contribution in [2.45, 2.75) is 12.3 Å². The lowest BCUT2D eigenvalue weighted by molar-refractivity contribution is -0.138. The second kappa shape index (κ2) is 5.45. The summed E-state index contributed by atoms with van der Waals surface area (Å²) in [5.41, 5.74) is 6.57. The number of benzene rings is 2. The second-order valence-corrected chi connectivity index (χ2v) is 5.68. The van der Waals surface area contributed by atoms with Crippen molar-refractivity contribution in [2.24, 2.45) is 10.7 Å². The first-order valence-corrected chi connectivity index (χ1v) is 7.19. The monoisotopic (exact) mass is 339 g/mol. The molecular weight excluding hydrogens is 327 g/mol. The number of aliphatic imine (C=N–C) groups is 1. The molecule has 3 rings (SSSR count). The van der Waals surface area contributed by atoms with E-state index in [0.717, 1.165) is 6.07 Å².